The van der Waals surface area contributed by atoms with E-state index in [0.717, 1.165) is 17.0 Å². The summed E-state index contributed by atoms with van der Waals surface area (Å²) in [5, 5.41) is 8.03. The van der Waals surface area contributed by atoms with Crippen molar-refractivity contribution < 1.29 is 9.18 Å². The molecule has 1 N–H and O–H groups in total. The maximum atomic E-state index is 13.0. The van der Waals surface area contributed by atoms with Gasteiger partial charge in [0.25, 0.3) is 5.91 Å². The Bertz CT molecular complexity index is 919. The summed E-state index contributed by atoms with van der Waals surface area (Å²) in [4.78, 5) is 12.4. The maximum absolute atomic E-state index is 13.0. The lowest BCUT2D eigenvalue weighted by Gasteiger charge is -2.08. The minimum Gasteiger partial charge on any atom is -0.319 e. The number of amides is 1. The van der Waals surface area contributed by atoms with Crippen LogP contribution < -0.4 is 5.32 Å². The summed E-state index contributed by atoms with van der Waals surface area (Å²) < 4.78 is 14.8. The molecule has 128 valence electrons. The topological polar surface area (TPSA) is 46.9 Å². The quantitative estimate of drug-likeness (QED) is 0.742. The van der Waals surface area contributed by atoms with Gasteiger partial charge in [0.2, 0.25) is 0 Å². The Hall–Kier alpha value is -2.66. The number of rotatable bonds is 4. The molecule has 4 nitrogen and oxygen atoms in total. The summed E-state index contributed by atoms with van der Waals surface area (Å²) in [5.41, 5.74) is 3.64. The molecule has 0 saturated carbocycles. The first-order valence-electron chi connectivity index (χ1n) is 7.79. The van der Waals surface area contributed by atoms with Crippen LogP contribution in [0, 0.1) is 19.7 Å². The van der Waals surface area contributed by atoms with Crippen LogP contribution in [0.25, 0.3) is 0 Å². The highest BCUT2D eigenvalue weighted by atomic mass is 35.5. The fourth-order valence-electron chi connectivity index (χ4n) is 2.63. The molecule has 0 aliphatic rings. The Labute approximate surface area is 150 Å². The van der Waals surface area contributed by atoms with Gasteiger partial charge in [0.05, 0.1) is 23.6 Å². The lowest BCUT2D eigenvalue weighted by atomic mass is 10.2. The molecule has 0 radical (unpaired) electrons. The number of anilines is 1. The van der Waals surface area contributed by atoms with E-state index in [0.29, 0.717) is 22.8 Å². The first-order valence-corrected chi connectivity index (χ1v) is 8.17. The summed E-state index contributed by atoms with van der Waals surface area (Å²) in [7, 11) is 0. The Balaban J connectivity index is 1.82. The van der Waals surface area contributed by atoms with Crippen molar-refractivity contribution in [3.8, 4) is 0 Å². The third kappa shape index (κ3) is 3.88. The SMILES string of the molecule is Cc1nn(Cc2cccc(Cl)c2)c(C)c1NC(=O)c1ccc(F)cc1. The minimum absolute atomic E-state index is 0.298. The van der Waals surface area contributed by atoms with Gasteiger partial charge in [-0.05, 0) is 55.8 Å². The molecule has 0 bridgehead atoms. The van der Waals surface area contributed by atoms with Crippen LogP contribution in [0.4, 0.5) is 10.1 Å². The summed E-state index contributed by atoms with van der Waals surface area (Å²) in [5.74, 6) is -0.674. The molecule has 0 fully saturated rings. The average molecular weight is 358 g/mol. The van der Waals surface area contributed by atoms with Crippen LogP contribution >= 0.6 is 11.6 Å². The van der Waals surface area contributed by atoms with Gasteiger partial charge in [0.15, 0.2) is 0 Å². The van der Waals surface area contributed by atoms with Crippen LogP contribution in [0.5, 0.6) is 0 Å². The number of nitrogens with one attached hydrogen (secondary N) is 1. The molecule has 3 aromatic rings. The molecule has 0 saturated heterocycles. The van der Waals surface area contributed by atoms with E-state index in [1.807, 2.05) is 42.8 Å². The zero-order valence-corrected chi connectivity index (χ0v) is 14.6. The highest BCUT2D eigenvalue weighted by Crippen LogP contribution is 2.22. The lowest BCUT2D eigenvalue weighted by Crippen LogP contribution is -2.13. The van der Waals surface area contributed by atoms with Gasteiger partial charge in [0.1, 0.15) is 5.82 Å². The molecule has 0 aliphatic carbocycles. The van der Waals surface area contributed by atoms with Gasteiger partial charge in [-0.2, -0.15) is 5.10 Å². The number of hydrogen-bond donors (Lipinski definition) is 1. The second-order valence-corrected chi connectivity index (χ2v) is 6.23. The summed E-state index contributed by atoms with van der Waals surface area (Å²) in [6.07, 6.45) is 0. The van der Waals surface area contributed by atoms with E-state index in [2.05, 4.69) is 10.4 Å². The standard InChI is InChI=1S/C19H17ClFN3O/c1-12-18(22-19(25)15-6-8-17(21)9-7-15)13(2)24(23-12)11-14-4-3-5-16(20)10-14/h3-10H,11H2,1-2H3,(H,22,25). The Kier molecular flexibility index (Phi) is 4.86. The zero-order valence-electron chi connectivity index (χ0n) is 13.9. The first-order chi connectivity index (χ1) is 11.9. The van der Waals surface area contributed by atoms with Gasteiger partial charge in [0, 0.05) is 10.6 Å². The number of carbonyl (C=O) groups is 1. The summed E-state index contributed by atoms with van der Waals surface area (Å²) in [6.45, 7) is 4.28. The molecule has 1 amide bonds. The second-order valence-electron chi connectivity index (χ2n) is 5.79. The van der Waals surface area contributed by atoms with Crippen molar-refractivity contribution in [2.24, 2.45) is 0 Å². The molecule has 2 aromatic carbocycles. The molecule has 0 unspecified atom stereocenters. The molecule has 3 rings (SSSR count). The van der Waals surface area contributed by atoms with Crippen molar-refractivity contribution in [2.45, 2.75) is 20.4 Å². The third-order valence-corrected chi connectivity index (χ3v) is 4.18. The maximum Gasteiger partial charge on any atom is 0.255 e. The van der Waals surface area contributed by atoms with Crippen LogP contribution in [0.15, 0.2) is 48.5 Å². The van der Waals surface area contributed by atoms with Gasteiger partial charge in [-0.15, -0.1) is 0 Å². The lowest BCUT2D eigenvalue weighted by molar-refractivity contribution is 0.102. The molecular weight excluding hydrogens is 341 g/mol. The minimum atomic E-state index is -0.377. The molecule has 6 heteroatoms. The number of halogens is 2. The number of benzene rings is 2. The molecule has 0 atom stereocenters. The smallest absolute Gasteiger partial charge is 0.255 e. The van der Waals surface area contributed by atoms with Crippen molar-refractivity contribution in [2.75, 3.05) is 5.32 Å². The van der Waals surface area contributed by atoms with E-state index in [1.165, 1.54) is 24.3 Å². The van der Waals surface area contributed by atoms with E-state index in [1.54, 1.807) is 0 Å². The third-order valence-electron chi connectivity index (χ3n) is 3.95. The van der Waals surface area contributed by atoms with Crippen LogP contribution in [0.3, 0.4) is 0 Å². The highest BCUT2D eigenvalue weighted by Gasteiger charge is 2.15. The molecule has 1 heterocycles. The Morgan fingerprint density at radius 1 is 1.20 bits per heavy atom. The van der Waals surface area contributed by atoms with Crippen molar-refractivity contribution in [1.29, 1.82) is 0 Å². The summed E-state index contributed by atoms with van der Waals surface area (Å²) >= 11 is 6.02. The van der Waals surface area contributed by atoms with Gasteiger partial charge in [-0.25, -0.2) is 4.39 Å². The average Bonchev–Trinajstić information content (AvgIpc) is 2.83. The van der Waals surface area contributed by atoms with Crippen molar-refractivity contribution in [1.82, 2.24) is 9.78 Å². The van der Waals surface area contributed by atoms with Gasteiger partial charge in [-0.3, -0.25) is 9.48 Å². The number of hydrogen-bond acceptors (Lipinski definition) is 2. The van der Waals surface area contributed by atoms with Crippen molar-refractivity contribution in [3.63, 3.8) is 0 Å². The zero-order chi connectivity index (χ0) is 18.0. The van der Waals surface area contributed by atoms with Crippen LogP contribution in [0.2, 0.25) is 5.02 Å². The molecule has 1 aromatic heterocycles. The molecule has 25 heavy (non-hydrogen) atoms. The largest absolute Gasteiger partial charge is 0.319 e. The predicted octanol–water partition coefficient (Wildman–Crippen LogP) is 4.59. The van der Waals surface area contributed by atoms with Crippen molar-refractivity contribution in [3.05, 3.63) is 81.9 Å². The highest BCUT2D eigenvalue weighted by molar-refractivity contribution is 6.30. The number of aryl methyl sites for hydroxylation is 1. The monoisotopic (exact) mass is 357 g/mol. The van der Waals surface area contributed by atoms with E-state index in [-0.39, 0.29) is 11.7 Å². The normalized spacial score (nSPS) is 10.7. The fraction of sp³-hybridized carbons (Fsp3) is 0.158. The van der Waals surface area contributed by atoms with Crippen LogP contribution in [-0.2, 0) is 6.54 Å². The number of carbonyl (C=O) groups excluding carboxylic acids is 1. The van der Waals surface area contributed by atoms with Crippen molar-refractivity contribution >= 4 is 23.2 Å². The van der Waals surface area contributed by atoms with E-state index in [4.69, 9.17) is 11.6 Å². The van der Waals surface area contributed by atoms with E-state index < -0.39 is 0 Å². The van der Waals surface area contributed by atoms with E-state index >= 15 is 0 Å². The summed E-state index contributed by atoms with van der Waals surface area (Å²) in [6, 6.07) is 13.0. The molecule has 0 spiro atoms. The predicted molar refractivity (Wildman–Crippen MR) is 96.6 cm³/mol. The number of aromatic nitrogens is 2. The molecular formula is C19H17ClFN3O. The Morgan fingerprint density at radius 2 is 1.92 bits per heavy atom. The van der Waals surface area contributed by atoms with Gasteiger partial charge < -0.3 is 5.32 Å². The van der Waals surface area contributed by atoms with Crippen LogP contribution in [0.1, 0.15) is 27.3 Å². The number of nitrogens with zero attached hydrogens (tertiary/aromatic N) is 2. The molecule has 0 aliphatic heterocycles. The van der Waals surface area contributed by atoms with Crippen LogP contribution in [-0.4, -0.2) is 15.7 Å². The van der Waals surface area contributed by atoms with Gasteiger partial charge in [-0.1, -0.05) is 23.7 Å². The second kappa shape index (κ2) is 7.07. The fourth-order valence-corrected chi connectivity index (χ4v) is 2.84. The van der Waals surface area contributed by atoms with E-state index in [9.17, 15) is 9.18 Å². The Morgan fingerprint density at radius 3 is 2.60 bits per heavy atom. The first kappa shape index (κ1) is 17.2. The van der Waals surface area contributed by atoms with Gasteiger partial charge >= 0.3 is 0 Å².